The second kappa shape index (κ2) is 8.36. The maximum Gasteiger partial charge on any atom is 0.416 e. The molecule has 1 heterocycles. The Morgan fingerprint density at radius 3 is 2.45 bits per heavy atom. The van der Waals surface area contributed by atoms with Crippen LogP contribution in [-0.4, -0.2) is 38.1 Å². The first-order valence-corrected chi connectivity index (χ1v) is 9.18. The highest BCUT2D eigenvalue weighted by atomic mass is 19.4. The van der Waals surface area contributed by atoms with Crippen molar-refractivity contribution in [3.8, 4) is 0 Å². The number of nitrogens with zero attached hydrogens (tertiary/aromatic N) is 1. The Labute approximate surface area is 164 Å². The fourth-order valence-electron chi connectivity index (χ4n) is 3.38. The number of hydrogen-bond donors (Lipinski definition) is 2. The second-order valence-electron chi connectivity index (χ2n) is 7.03. The molecule has 0 radical (unpaired) electrons. The highest BCUT2D eigenvalue weighted by Crippen LogP contribution is 2.31. The van der Waals surface area contributed by atoms with Gasteiger partial charge in [-0.1, -0.05) is 6.07 Å². The average Bonchev–Trinajstić information content (AvgIpc) is 2.69. The monoisotopic (exact) mass is 414 g/mol. The van der Waals surface area contributed by atoms with Crippen molar-refractivity contribution in [2.75, 3.05) is 36.4 Å². The van der Waals surface area contributed by atoms with Crippen molar-refractivity contribution >= 4 is 17.3 Å². The second-order valence-corrected chi connectivity index (χ2v) is 7.03. The molecule has 1 atom stereocenters. The van der Waals surface area contributed by atoms with E-state index in [1.54, 1.807) is 13.0 Å². The SMILES string of the molecule is C[C@H](C(=O)Nc1cc(F)ccc1F)[NH+]1CCN(c2cccc(C(F)(F)F)c2)CC1. The van der Waals surface area contributed by atoms with Gasteiger partial charge in [0.05, 0.1) is 37.4 Å². The van der Waals surface area contributed by atoms with E-state index in [4.69, 9.17) is 0 Å². The number of carbonyl (C=O) groups excluding carboxylic acids is 1. The van der Waals surface area contributed by atoms with Crippen molar-refractivity contribution in [3.05, 3.63) is 59.7 Å². The number of amides is 1. The molecule has 0 spiro atoms. The van der Waals surface area contributed by atoms with Gasteiger partial charge in [0.25, 0.3) is 5.91 Å². The minimum atomic E-state index is -4.40. The minimum absolute atomic E-state index is 0.219. The Morgan fingerprint density at radius 1 is 1.10 bits per heavy atom. The van der Waals surface area contributed by atoms with Gasteiger partial charge in [0.15, 0.2) is 6.04 Å². The van der Waals surface area contributed by atoms with Crippen molar-refractivity contribution in [1.29, 1.82) is 0 Å². The summed E-state index contributed by atoms with van der Waals surface area (Å²) in [6, 6.07) is 7.45. The molecule has 0 saturated carbocycles. The lowest BCUT2D eigenvalue weighted by Gasteiger charge is -2.36. The molecular formula is C20H21F5N3O+. The molecule has 0 bridgehead atoms. The summed E-state index contributed by atoms with van der Waals surface area (Å²) < 4.78 is 65.7. The number of hydrogen-bond acceptors (Lipinski definition) is 2. The summed E-state index contributed by atoms with van der Waals surface area (Å²) in [4.78, 5) is 15.2. The van der Waals surface area contributed by atoms with Gasteiger partial charge in [-0.25, -0.2) is 8.78 Å². The van der Waals surface area contributed by atoms with E-state index in [1.807, 2.05) is 4.90 Å². The first-order chi connectivity index (χ1) is 13.6. The third-order valence-corrected chi connectivity index (χ3v) is 5.14. The summed E-state index contributed by atoms with van der Waals surface area (Å²) >= 11 is 0. The maximum absolute atomic E-state index is 13.7. The smallest absolute Gasteiger partial charge is 0.360 e. The molecule has 29 heavy (non-hydrogen) atoms. The van der Waals surface area contributed by atoms with Crippen LogP contribution in [0.25, 0.3) is 0 Å². The van der Waals surface area contributed by atoms with E-state index in [1.165, 1.54) is 6.07 Å². The molecule has 0 aromatic heterocycles. The zero-order chi connectivity index (χ0) is 21.2. The van der Waals surface area contributed by atoms with Crippen LogP contribution < -0.4 is 15.1 Å². The minimum Gasteiger partial charge on any atom is -0.360 e. The molecule has 0 unspecified atom stereocenters. The Hall–Kier alpha value is -2.68. The van der Waals surface area contributed by atoms with Crippen molar-refractivity contribution in [2.45, 2.75) is 19.1 Å². The fourth-order valence-corrected chi connectivity index (χ4v) is 3.38. The Morgan fingerprint density at radius 2 is 1.79 bits per heavy atom. The van der Waals surface area contributed by atoms with Crippen LogP contribution in [0.2, 0.25) is 0 Å². The number of rotatable bonds is 4. The van der Waals surface area contributed by atoms with E-state index < -0.39 is 35.3 Å². The first kappa shape index (κ1) is 21.0. The van der Waals surface area contributed by atoms with Gasteiger partial charge in [0.1, 0.15) is 11.6 Å². The number of carbonyl (C=O) groups is 1. The summed E-state index contributed by atoms with van der Waals surface area (Å²) in [5.74, 6) is -1.83. The van der Waals surface area contributed by atoms with E-state index in [0.29, 0.717) is 31.9 Å². The Balaban J connectivity index is 1.60. The summed E-state index contributed by atoms with van der Waals surface area (Å²) in [6.45, 7) is 3.68. The molecule has 2 aromatic rings. The van der Waals surface area contributed by atoms with Crippen LogP contribution in [0, 0.1) is 11.6 Å². The molecule has 4 nitrogen and oxygen atoms in total. The van der Waals surface area contributed by atoms with E-state index >= 15 is 0 Å². The Kier molecular flexibility index (Phi) is 6.07. The standard InChI is InChI=1S/C20H20F5N3O/c1-13(19(29)26-18-12-15(21)5-6-17(18)22)27-7-9-28(10-8-27)16-4-2-3-14(11-16)20(23,24)25/h2-6,11-13H,7-10H2,1H3,(H,26,29)/p+1/t13-/m1/s1. The molecule has 1 fully saturated rings. The Bertz CT molecular complexity index is 879. The number of quaternary nitrogens is 1. The molecule has 1 aliphatic heterocycles. The van der Waals surface area contributed by atoms with Crippen LogP contribution in [0.4, 0.5) is 33.3 Å². The molecule has 9 heteroatoms. The lowest BCUT2D eigenvalue weighted by Crippen LogP contribution is -3.19. The number of benzene rings is 2. The zero-order valence-electron chi connectivity index (χ0n) is 15.7. The van der Waals surface area contributed by atoms with Gasteiger partial charge in [-0.2, -0.15) is 13.2 Å². The van der Waals surface area contributed by atoms with E-state index in [2.05, 4.69) is 5.32 Å². The fraction of sp³-hybridized carbons (Fsp3) is 0.350. The van der Waals surface area contributed by atoms with Crippen molar-refractivity contribution in [2.24, 2.45) is 0 Å². The van der Waals surface area contributed by atoms with Crippen LogP contribution in [0.5, 0.6) is 0 Å². The molecule has 1 aliphatic rings. The third-order valence-electron chi connectivity index (χ3n) is 5.14. The van der Waals surface area contributed by atoms with Crippen LogP contribution in [0.15, 0.2) is 42.5 Å². The van der Waals surface area contributed by atoms with E-state index in [-0.39, 0.29) is 5.69 Å². The lowest BCUT2D eigenvalue weighted by molar-refractivity contribution is -0.914. The molecule has 1 saturated heterocycles. The summed E-state index contributed by atoms with van der Waals surface area (Å²) in [5, 5.41) is 2.40. The van der Waals surface area contributed by atoms with Gasteiger partial charge in [-0.3, -0.25) is 4.79 Å². The number of nitrogens with one attached hydrogen (secondary N) is 2. The van der Waals surface area contributed by atoms with Gasteiger partial charge in [-0.15, -0.1) is 0 Å². The molecule has 1 amide bonds. The largest absolute Gasteiger partial charge is 0.416 e. The molecule has 3 rings (SSSR count). The van der Waals surface area contributed by atoms with Gasteiger partial charge in [0.2, 0.25) is 0 Å². The number of piperazine rings is 1. The highest BCUT2D eigenvalue weighted by molar-refractivity contribution is 5.93. The maximum atomic E-state index is 13.7. The number of halogens is 5. The predicted octanol–water partition coefficient (Wildman–Crippen LogP) is 2.72. The van der Waals surface area contributed by atoms with Crippen molar-refractivity contribution in [3.63, 3.8) is 0 Å². The van der Waals surface area contributed by atoms with Crippen LogP contribution in [0.3, 0.4) is 0 Å². The van der Waals surface area contributed by atoms with E-state index in [0.717, 1.165) is 35.2 Å². The molecule has 2 N–H and O–H groups in total. The molecule has 2 aromatic carbocycles. The average molecular weight is 414 g/mol. The highest BCUT2D eigenvalue weighted by Gasteiger charge is 2.33. The van der Waals surface area contributed by atoms with E-state index in [9.17, 15) is 26.7 Å². The summed E-state index contributed by atoms with van der Waals surface area (Å²) in [6.07, 6.45) is -4.40. The topological polar surface area (TPSA) is 36.8 Å². The number of anilines is 2. The molecular weight excluding hydrogens is 393 g/mol. The van der Waals surface area contributed by atoms with Gasteiger partial charge < -0.3 is 15.1 Å². The van der Waals surface area contributed by atoms with Gasteiger partial charge >= 0.3 is 6.18 Å². The van der Waals surface area contributed by atoms with Crippen molar-refractivity contribution < 1.29 is 31.6 Å². The lowest BCUT2D eigenvalue weighted by atomic mass is 10.1. The number of alkyl halides is 3. The van der Waals surface area contributed by atoms with Gasteiger partial charge in [-0.05, 0) is 37.3 Å². The normalized spacial score (nSPS) is 16.6. The van der Waals surface area contributed by atoms with Crippen LogP contribution in [0.1, 0.15) is 12.5 Å². The summed E-state index contributed by atoms with van der Waals surface area (Å²) in [7, 11) is 0. The van der Waals surface area contributed by atoms with Gasteiger partial charge in [0, 0.05) is 11.8 Å². The zero-order valence-corrected chi connectivity index (χ0v) is 15.7. The quantitative estimate of drug-likeness (QED) is 0.755. The summed E-state index contributed by atoms with van der Waals surface area (Å²) in [5.41, 5.74) is -0.434. The molecule has 0 aliphatic carbocycles. The molecule has 156 valence electrons. The third kappa shape index (κ3) is 5.03. The predicted molar refractivity (Wildman–Crippen MR) is 98.8 cm³/mol. The van der Waals surface area contributed by atoms with Crippen LogP contribution >= 0.6 is 0 Å². The van der Waals surface area contributed by atoms with Crippen molar-refractivity contribution in [1.82, 2.24) is 0 Å². The van der Waals surface area contributed by atoms with Crippen LogP contribution in [-0.2, 0) is 11.0 Å². The first-order valence-electron chi connectivity index (χ1n) is 9.18.